The van der Waals surface area contributed by atoms with Crippen molar-refractivity contribution in [2.24, 2.45) is 22.7 Å². The molecule has 0 aliphatic carbocycles. The lowest BCUT2D eigenvalue weighted by Crippen LogP contribution is -2.37. The molecule has 120 heavy (non-hydrogen) atoms. The van der Waals surface area contributed by atoms with E-state index in [0.717, 1.165) is 119 Å². The van der Waals surface area contributed by atoms with Crippen LogP contribution in [0.3, 0.4) is 0 Å². The third kappa shape index (κ3) is 17.9. The summed E-state index contributed by atoms with van der Waals surface area (Å²) in [5.41, 5.74) is 10.5. The number of aromatic nitrogens is 5. The Morgan fingerprint density at radius 2 is 0.808 bits per heavy atom. The van der Waals surface area contributed by atoms with Crippen LogP contribution in [0, 0.1) is 29.6 Å². The molecule has 5 aromatic heterocycles. The van der Waals surface area contributed by atoms with Crippen molar-refractivity contribution in [3.8, 4) is 0 Å². The summed E-state index contributed by atoms with van der Waals surface area (Å²) in [6.45, 7) is 6.81. The number of carboxylic acid groups (broad SMARTS) is 4. The average molecular weight is 1750 g/mol. The molecular formula is C88H86ClF6N5O16S4. The molecule has 32 heteroatoms. The zero-order valence-electron chi connectivity index (χ0n) is 66.3. The fourth-order valence-corrected chi connectivity index (χ4v) is 19.8. The first kappa shape index (κ1) is 87.2. The monoisotopic (exact) mass is 1750 g/mol. The topological polar surface area (TPSA) is 318 Å². The molecule has 12 aromatic rings. The van der Waals surface area contributed by atoms with Crippen LogP contribution in [-0.2, 0) is 148 Å². The second kappa shape index (κ2) is 32.7. The highest BCUT2D eigenvalue weighted by atomic mass is 35.5. The number of rotatable bonds is 16. The van der Waals surface area contributed by atoms with Gasteiger partial charge in [-0.25, -0.2) is 38.7 Å². The minimum Gasteiger partial charge on any atom is -0.481 e. The molecule has 0 saturated carbocycles. The molecule has 4 N–H and O–H groups in total. The second-order valence-electron chi connectivity index (χ2n) is 32.2. The summed E-state index contributed by atoms with van der Waals surface area (Å²) in [4.78, 5) is 50.2. The maximum Gasteiger partial charge on any atom is 0.416 e. The first-order chi connectivity index (χ1) is 56.1. The standard InChI is InChI=1S/C23H22F3NO4S.C22H22ClNO4S.C22H20F3NO4S.C21H22N2O4S/c1-22(21(28)29)10-9-20-17(16-5-3-4-6-19(16)27(20)13-22)11-14-7-8-15(32(2,30)31)12-18(14)23(24,25)26;1-13-9-17(29(2,27)28)6-3-14(13)10-18-19-11-16(23)5-8-21(19)24-12-15(22(25)26)4-7-20(18)24;1-31(29,30)15-8-6-13(18(11-15)22(23,24)25)10-17-16-4-2-3-5-19(16)26-12-14(21(27)28)7-9-20(17)26;1-21(20(24)25)10-9-18-16(15-5-3-4-6-17(15)23(18)13-21)11-14-7-8-19(22-12-14)28(2,26)27/h3-8,12H,9-11,13H2,1-2H3,(H,28,29);3,5-6,8-9,11,15H,4,7,10,12H2,1-2H3,(H,25,26);2-6,8,11,14H,7,9-10,12H2,1H3,(H,27,28);3-8,12H,9-11,13H2,1-2H3,(H,24,25)/t;;14-;/m..1./s1. The van der Waals surface area contributed by atoms with Gasteiger partial charge in [-0.1, -0.05) is 90.5 Å². The first-order valence-corrected chi connectivity index (χ1v) is 46.3. The number of aliphatic carboxylic acids is 4. The summed E-state index contributed by atoms with van der Waals surface area (Å²) < 4.78 is 185. The number of aryl methyl sites for hydroxylation is 1. The van der Waals surface area contributed by atoms with Crippen LogP contribution in [0.25, 0.3) is 43.6 Å². The Bertz CT molecular complexity index is 6650. The zero-order valence-corrected chi connectivity index (χ0v) is 70.3. The molecule has 3 unspecified atom stereocenters. The van der Waals surface area contributed by atoms with Gasteiger partial charge in [-0.05, 0) is 201 Å². The number of halogens is 7. The predicted molar refractivity (Wildman–Crippen MR) is 442 cm³/mol. The van der Waals surface area contributed by atoms with Gasteiger partial charge >= 0.3 is 36.2 Å². The molecule has 632 valence electrons. The summed E-state index contributed by atoms with van der Waals surface area (Å²) in [5.74, 6) is -4.26. The largest absolute Gasteiger partial charge is 0.481 e. The fraction of sp³-hybridized carbons (Fsp3) is 0.330. The van der Waals surface area contributed by atoms with Gasteiger partial charge in [0.1, 0.15) is 0 Å². The van der Waals surface area contributed by atoms with Crippen LogP contribution in [-0.4, -0.2) is 126 Å². The highest BCUT2D eigenvalue weighted by molar-refractivity contribution is 7.91. The summed E-state index contributed by atoms with van der Waals surface area (Å²) in [7, 11) is -14.2. The van der Waals surface area contributed by atoms with Gasteiger partial charge in [0.25, 0.3) is 0 Å². The van der Waals surface area contributed by atoms with Gasteiger partial charge in [0.2, 0.25) is 0 Å². The van der Waals surface area contributed by atoms with E-state index in [1.54, 1.807) is 50.4 Å². The quantitative estimate of drug-likeness (QED) is 0.0653. The molecule has 0 spiro atoms. The van der Waals surface area contributed by atoms with Gasteiger partial charge in [-0.2, -0.15) is 26.3 Å². The molecule has 7 aromatic carbocycles. The van der Waals surface area contributed by atoms with Crippen LogP contribution >= 0.6 is 11.6 Å². The van der Waals surface area contributed by atoms with Crippen LogP contribution in [0.2, 0.25) is 5.02 Å². The van der Waals surface area contributed by atoms with Gasteiger partial charge in [0, 0.05) is 154 Å². The van der Waals surface area contributed by atoms with Crippen molar-refractivity contribution < 1.29 is 99.6 Å². The molecule has 4 aliphatic heterocycles. The van der Waals surface area contributed by atoms with E-state index in [4.69, 9.17) is 11.6 Å². The Hall–Kier alpha value is -10.6. The van der Waals surface area contributed by atoms with E-state index in [-0.39, 0.29) is 51.9 Å². The van der Waals surface area contributed by atoms with Crippen molar-refractivity contribution in [1.82, 2.24) is 23.3 Å². The van der Waals surface area contributed by atoms with Crippen molar-refractivity contribution in [3.63, 3.8) is 0 Å². The summed E-state index contributed by atoms with van der Waals surface area (Å²) in [5, 5.41) is 42.6. The van der Waals surface area contributed by atoms with Crippen molar-refractivity contribution in [3.05, 3.63) is 253 Å². The number of sulfone groups is 4. The first-order valence-electron chi connectivity index (χ1n) is 38.4. The van der Waals surface area contributed by atoms with Crippen LogP contribution in [0.4, 0.5) is 26.3 Å². The molecule has 16 rings (SSSR count). The second-order valence-corrected chi connectivity index (χ2v) is 40.7. The molecule has 0 amide bonds. The summed E-state index contributed by atoms with van der Waals surface area (Å²) in [6.07, 6.45) is 1.76. The number of benzene rings is 7. The molecule has 0 fully saturated rings. The average Bonchev–Trinajstić information content (AvgIpc) is 1.62. The van der Waals surface area contributed by atoms with E-state index in [1.165, 1.54) is 36.6 Å². The number of carbonyl (C=O) groups is 4. The molecular weight excluding hydrogens is 1660 g/mol. The minimum atomic E-state index is -4.71. The van der Waals surface area contributed by atoms with Crippen LogP contribution in [0.1, 0.15) is 124 Å². The van der Waals surface area contributed by atoms with Gasteiger partial charge in [0.15, 0.2) is 44.4 Å². The third-order valence-corrected chi connectivity index (χ3v) is 28.3. The highest BCUT2D eigenvalue weighted by Gasteiger charge is 2.43. The van der Waals surface area contributed by atoms with Gasteiger partial charge < -0.3 is 38.7 Å². The Morgan fingerprint density at radius 3 is 1.18 bits per heavy atom. The zero-order chi connectivity index (χ0) is 87.1. The number of alkyl halides is 6. The molecule has 9 heterocycles. The number of carboxylic acids is 4. The Kier molecular flexibility index (Phi) is 23.8. The lowest BCUT2D eigenvalue weighted by Gasteiger charge is -2.32. The number of nitrogens with zero attached hydrogens (tertiary/aromatic N) is 5. The Balaban J connectivity index is 0.000000138. The number of fused-ring (bicyclic) bond motifs is 12. The van der Waals surface area contributed by atoms with Crippen LogP contribution in [0.5, 0.6) is 0 Å². The lowest BCUT2D eigenvalue weighted by molar-refractivity contribution is -0.150. The van der Waals surface area contributed by atoms with E-state index in [1.807, 2.05) is 94.9 Å². The molecule has 21 nitrogen and oxygen atoms in total. The maximum atomic E-state index is 13.8. The summed E-state index contributed by atoms with van der Waals surface area (Å²) >= 11 is 6.27. The minimum absolute atomic E-state index is 0.0144. The van der Waals surface area contributed by atoms with E-state index in [0.29, 0.717) is 105 Å². The van der Waals surface area contributed by atoms with E-state index >= 15 is 0 Å². The smallest absolute Gasteiger partial charge is 0.416 e. The molecule has 4 atom stereocenters. The molecule has 4 aliphatic rings. The number of para-hydroxylation sites is 3. The van der Waals surface area contributed by atoms with Crippen molar-refractivity contribution in [1.29, 1.82) is 0 Å². The normalized spacial score (nSPS) is 18.1. The summed E-state index contributed by atoms with van der Waals surface area (Å²) in [6, 6.07) is 43.1. The lowest BCUT2D eigenvalue weighted by atomic mass is 9.81. The molecule has 0 saturated heterocycles. The Morgan fingerprint density at radius 1 is 0.442 bits per heavy atom. The van der Waals surface area contributed by atoms with Crippen molar-refractivity contribution >= 4 is 118 Å². The molecule has 0 radical (unpaired) electrons. The number of hydrogen-bond acceptors (Lipinski definition) is 13. The van der Waals surface area contributed by atoms with Gasteiger partial charge in [-0.3, -0.25) is 19.2 Å². The third-order valence-electron chi connectivity index (χ3n) is 23.7. The van der Waals surface area contributed by atoms with Gasteiger partial charge in [0.05, 0.1) is 48.5 Å². The Labute approximate surface area is 693 Å². The van der Waals surface area contributed by atoms with Crippen LogP contribution in [0.15, 0.2) is 184 Å². The predicted octanol–water partition coefficient (Wildman–Crippen LogP) is 16.3. The number of hydrogen-bond donors (Lipinski definition) is 4. The van der Waals surface area contributed by atoms with Gasteiger partial charge in [-0.15, -0.1) is 0 Å². The number of pyridine rings is 1. The fourth-order valence-electron chi connectivity index (χ4n) is 17.1. The highest BCUT2D eigenvalue weighted by Crippen LogP contribution is 2.45. The van der Waals surface area contributed by atoms with E-state index < -0.39 is 109 Å². The van der Waals surface area contributed by atoms with Crippen LogP contribution < -0.4 is 0 Å². The molecule has 0 bridgehead atoms. The van der Waals surface area contributed by atoms with Crippen molar-refractivity contribution in [2.75, 3.05) is 25.0 Å². The van der Waals surface area contributed by atoms with Crippen molar-refractivity contribution in [2.45, 2.75) is 156 Å². The van der Waals surface area contributed by atoms with E-state index in [2.05, 4.69) is 20.2 Å². The van der Waals surface area contributed by atoms with E-state index in [9.17, 15) is 99.6 Å². The maximum absolute atomic E-state index is 13.8. The SMILES string of the molecule is CC1(C(=O)O)CCc2c(Cc3ccc(S(C)(=O)=O)cc3C(F)(F)F)c3ccccc3n2C1.CC1(C(=O)O)CCc2c(Cc3ccc(S(C)(=O)=O)nc3)c3ccccc3n2C1.CS(=O)(=O)c1ccc(Cc2c3n(c4ccccc24)C[C@H](C(=O)O)CC3)c(C(F)(F)F)c1.Cc1cc(S(C)(=O)=O)ccc1Cc1c2n(c3ccc(Cl)cc13)CC(C(=O)O)CC2.